The summed E-state index contributed by atoms with van der Waals surface area (Å²) in [6, 6.07) is 0.260. The van der Waals surface area contributed by atoms with Crippen LogP contribution in [0, 0.1) is 5.92 Å². The first-order valence-corrected chi connectivity index (χ1v) is 6.58. The summed E-state index contributed by atoms with van der Waals surface area (Å²) in [5, 5.41) is 13.0. The smallest absolute Gasteiger partial charge is 0.306 e. The second-order valence-corrected chi connectivity index (χ2v) is 5.22. The number of aliphatic carboxylic acids is 1. The fourth-order valence-corrected chi connectivity index (χ4v) is 2.57. The van der Waals surface area contributed by atoms with Gasteiger partial charge in [0.25, 0.3) is 0 Å². The Morgan fingerprint density at radius 1 is 1.67 bits per heavy atom. The van der Waals surface area contributed by atoms with Crippen molar-refractivity contribution in [2.45, 2.75) is 38.3 Å². The second kappa shape index (κ2) is 5.71. The van der Waals surface area contributed by atoms with Crippen LogP contribution in [-0.4, -0.2) is 26.7 Å². The van der Waals surface area contributed by atoms with Gasteiger partial charge in [0.2, 0.25) is 0 Å². The minimum Gasteiger partial charge on any atom is -0.481 e. The Morgan fingerprint density at radius 3 is 3.06 bits per heavy atom. The van der Waals surface area contributed by atoms with E-state index in [-0.39, 0.29) is 12.0 Å². The summed E-state index contributed by atoms with van der Waals surface area (Å²) in [6.45, 7) is 0.625. The van der Waals surface area contributed by atoms with Crippen LogP contribution in [0.2, 0.25) is 5.15 Å². The van der Waals surface area contributed by atoms with Crippen molar-refractivity contribution in [2.24, 2.45) is 13.0 Å². The van der Waals surface area contributed by atoms with Gasteiger partial charge in [-0.2, -0.15) is 0 Å². The van der Waals surface area contributed by atoms with Gasteiger partial charge in [-0.1, -0.05) is 18.0 Å². The van der Waals surface area contributed by atoms with E-state index in [9.17, 15) is 4.79 Å². The quantitative estimate of drug-likeness (QED) is 0.876. The van der Waals surface area contributed by atoms with Gasteiger partial charge in [-0.15, -0.1) is 0 Å². The monoisotopic (exact) mass is 271 g/mol. The number of carbonyl (C=O) groups is 1. The fourth-order valence-electron chi connectivity index (χ4n) is 2.42. The Balaban J connectivity index is 1.86. The Bertz CT molecular complexity index is 433. The van der Waals surface area contributed by atoms with Gasteiger partial charge in [-0.25, -0.2) is 4.98 Å². The Labute approximate surface area is 111 Å². The van der Waals surface area contributed by atoms with Crippen molar-refractivity contribution >= 4 is 17.6 Å². The number of hydrogen-bond acceptors (Lipinski definition) is 3. The molecule has 0 aliphatic heterocycles. The number of rotatable bonds is 4. The number of aromatic nitrogens is 2. The molecule has 1 heterocycles. The number of carboxylic acid groups (broad SMARTS) is 1. The minimum atomic E-state index is -0.679. The molecule has 0 aromatic carbocycles. The third-order valence-corrected chi connectivity index (χ3v) is 3.95. The Kier molecular flexibility index (Phi) is 4.24. The van der Waals surface area contributed by atoms with E-state index >= 15 is 0 Å². The van der Waals surface area contributed by atoms with Crippen molar-refractivity contribution in [3.63, 3.8) is 0 Å². The molecule has 2 N–H and O–H groups in total. The highest BCUT2D eigenvalue weighted by Crippen LogP contribution is 2.24. The molecule has 100 valence electrons. The number of nitrogens with one attached hydrogen (secondary N) is 1. The lowest BCUT2D eigenvalue weighted by Gasteiger charge is -2.27. The third kappa shape index (κ3) is 3.03. The fraction of sp³-hybridized carbons (Fsp3) is 0.667. The van der Waals surface area contributed by atoms with Gasteiger partial charge < -0.3 is 15.0 Å². The summed E-state index contributed by atoms with van der Waals surface area (Å²) in [5.41, 5.74) is 0. The predicted octanol–water partition coefficient (Wildman–Crippen LogP) is 1.81. The normalized spacial score (nSPS) is 24.1. The van der Waals surface area contributed by atoms with E-state index in [1.54, 1.807) is 6.20 Å². The largest absolute Gasteiger partial charge is 0.481 e. The molecular formula is C12H18ClN3O2. The van der Waals surface area contributed by atoms with Crippen LogP contribution >= 0.6 is 11.6 Å². The molecule has 2 rings (SSSR count). The Hall–Kier alpha value is -1.07. The average Bonchev–Trinajstić information content (AvgIpc) is 2.68. The van der Waals surface area contributed by atoms with Gasteiger partial charge in [0.15, 0.2) is 0 Å². The van der Waals surface area contributed by atoms with Crippen molar-refractivity contribution < 1.29 is 9.90 Å². The Morgan fingerprint density at radius 2 is 2.44 bits per heavy atom. The molecule has 1 saturated carbocycles. The second-order valence-electron chi connectivity index (χ2n) is 4.84. The molecule has 6 heteroatoms. The van der Waals surface area contributed by atoms with Crippen molar-refractivity contribution in [3.05, 3.63) is 17.2 Å². The molecule has 1 aromatic heterocycles. The zero-order chi connectivity index (χ0) is 13.1. The first kappa shape index (κ1) is 13.4. The molecule has 2 atom stereocenters. The molecule has 1 fully saturated rings. The van der Waals surface area contributed by atoms with Crippen LogP contribution in [0.5, 0.6) is 0 Å². The molecule has 1 aromatic rings. The van der Waals surface area contributed by atoms with Gasteiger partial charge in [0, 0.05) is 13.1 Å². The zero-order valence-electron chi connectivity index (χ0n) is 10.4. The lowest BCUT2D eigenvalue weighted by atomic mass is 9.86. The van der Waals surface area contributed by atoms with Crippen LogP contribution in [0.3, 0.4) is 0 Å². The van der Waals surface area contributed by atoms with Crippen molar-refractivity contribution in [1.29, 1.82) is 0 Å². The molecular weight excluding hydrogens is 254 g/mol. The lowest BCUT2D eigenvalue weighted by Crippen LogP contribution is -2.36. The molecule has 0 spiro atoms. The van der Waals surface area contributed by atoms with Crippen LogP contribution in [0.4, 0.5) is 0 Å². The van der Waals surface area contributed by atoms with Crippen LogP contribution in [0.1, 0.15) is 31.5 Å². The standard InChI is InChI=1S/C12H18ClN3O2/c1-16-10(13)6-15-11(16)7-14-9-4-2-3-8(5-9)12(17)18/h6,8-9,14H,2-5,7H2,1H3,(H,17,18). The first-order chi connectivity index (χ1) is 8.58. The number of halogens is 1. The lowest BCUT2D eigenvalue weighted by molar-refractivity contribution is -0.143. The van der Waals surface area contributed by atoms with E-state index in [0.29, 0.717) is 18.1 Å². The molecule has 2 unspecified atom stereocenters. The highest BCUT2D eigenvalue weighted by Gasteiger charge is 2.26. The van der Waals surface area contributed by atoms with Gasteiger partial charge in [-0.3, -0.25) is 4.79 Å². The van der Waals surface area contributed by atoms with Crippen LogP contribution in [0.25, 0.3) is 0 Å². The van der Waals surface area contributed by atoms with Crippen molar-refractivity contribution in [3.8, 4) is 0 Å². The predicted molar refractivity (Wildman–Crippen MR) is 68.4 cm³/mol. The maximum absolute atomic E-state index is 11.0. The molecule has 1 aliphatic rings. The molecule has 5 nitrogen and oxygen atoms in total. The molecule has 18 heavy (non-hydrogen) atoms. The van der Waals surface area contributed by atoms with Crippen molar-refractivity contribution in [2.75, 3.05) is 0 Å². The summed E-state index contributed by atoms with van der Waals surface area (Å²) >= 11 is 5.91. The van der Waals surface area contributed by atoms with E-state index in [0.717, 1.165) is 25.1 Å². The first-order valence-electron chi connectivity index (χ1n) is 6.20. The topological polar surface area (TPSA) is 67.2 Å². The molecule has 1 aliphatic carbocycles. The highest BCUT2D eigenvalue weighted by molar-refractivity contribution is 6.29. The summed E-state index contributed by atoms with van der Waals surface area (Å²) < 4.78 is 1.83. The van der Waals surface area contributed by atoms with E-state index in [4.69, 9.17) is 16.7 Å². The van der Waals surface area contributed by atoms with Crippen LogP contribution in [-0.2, 0) is 18.4 Å². The third-order valence-electron chi connectivity index (χ3n) is 3.60. The number of nitrogens with zero attached hydrogens (tertiary/aromatic N) is 2. The highest BCUT2D eigenvalue weighted by atomic mass is 35.5. The molecule has 0 amide bonds. The van der Waals surface area contributed by atoms with Gasteiger partial charge in [-0.05, 0) is 19.3 Å². The molecule has 0 radical (unpaired) electrons. The van der Waals surface area contributed by atoms with Crippen molar-refractivity contribution in [1.82, 2.24) is 14.9 Å². The van der Waals surface area contributed by atoms with Gasteiger partial charge in [0.1, 0.15) is 11.0 Å². The summed E-state index contributed by atoms with van der Waals surface area (Å²) in [7, 11) is 1.87. The van der Waals surface area contributed by atoms with E-state index in [2.05, 4.69) is 10.3 Å². The average molecular weight is 272 g/mol. The SMILES string of the molecule is Cn1c(Cl)cnc1CNC1CCCC(C(=O)O)C1. The van der Waals surface area contributed by atoms with E-state index < -0.39 is 5.97 Å². The minimum absolute atomic E-state index is 0.207. The summed E-state index contributed by atoms with van der Waals surface area (Å²) in [4.78, 5) is 15.2. The molecule has 0 saturated heterocycles. The van der Waals surface area contributed by atoms with Crippen LogP contribution < -0.4 is 5.32 Å². The summed E-state index contributed by atoms with van der Waals surface area (Å²) in [5.74, 6) is -0.0137. The van der Waals surface area contributed by atoms with Gasteiger partial charge in [0.05, 0.1) is 18.7 Å². The summed E-state index contributed by atoms with van der Waals surface area (Å²) in [6.07, 6.45) is 5.12. The van der Waals surface area contributed by atoms with Crippen LogP contribution in [0.15, 0.2) is 6.20 Å². The molecule has 0 bridgehead atoms. The number of imidazole rings is 1. The number of carboxylic acids is 1. The number of hydrogen-bond donors (Lipinski definition) is 2. The zero-order valence-corrected chi connectivity index (χ0v) is 11.2. The van der Waals surface area contributed by atoms with Gasteiger partial charge >= 0.3 is 5.97 Å². The van der Waals surface area contributed by atoms with E-state index in [1.165, 1.54) is 0 Å². The maximum Gasteiger partial charge on any atom is 0.306 e. The maximum atomic E-state index is 11.0. The van der Waals surface area contributed by atoms with E-state index in [1.807, 2.05) is 11.6 Å².